The van der Waals surface area contributed by atoms with Gasteiger partial charge in [-0.1, -0.05) is 0 Å². The summed E-state index contributed by atoms with van der Waals surface area (Å²) in [4.78, 5) is 12.2. The van der Waals surface area contributed by atoms with Crippen LogP contribution in [0.2, 0.25) is 0 Å². The molecule has 2 heterocycles. The highest BCUT2D eigenvalue weighted by molar-refractivity contribution is 5.85. The monoisotopic (exact) mass is 402 g/mol. The van der Waals surface area contributed by atoms with Crippen molar-refractivity contribution in [1.29, 1.82) is 0 Å². The fourth-order valence-electron chi connectivity index (χ4n) is 3.91. The van der Waals surface area contributed by atoms with Crippen molar-refractivity contribution in [2.45, 2.75) is 63.1 Å². The van der Waals surface area contributed by atoms with Crippen LogP contribution in [-0.2, 0) is 11.2 Å². The maximum absolute atomic E-state index is 13.3. The second-order valence-electron chi connectivity index (χ2n) is 7.51. The van der Waals surface area contributed by atoms with Gasteiger partial charge < -0.3 is 14.8 Å². The second-order valence-corrected chi connectivity index (χ2v) is 7.51. The molecule has 4 unspecified atom stereocenters. The fourth-order valence-corrected chi connectivity index (χ4v) is 3.91. The number of nitrogens with one attached hydrogen (secondary N) is 2. The topological polar surface area (TPSA) is 59.6 Å². The lowest BCUT2D eigenvalue weighted by Crippen LogP contribution is -2.41. The zero-order valence-electron chi connectivity index (χ0n) is 15.4. The first-order valence-corrected chi connectivity index (χ1v) is 9.24. The summed E-state index contributed by atoms with van der Waals surface area (Å²) in [6.45, 7) is 4.10. The van der Waals surface area contributed by atoms with E-state index >= 15 is 0 Å². The standard InChI is InChI=1S/C19H24F2N2O3.ClH/c1-3-25-17-5-11-4-10(2)26-16(11)7-13(17)12-6-14(12)23-18(24)15-8-19(20,21)9-22-15;/h5,7,10,12,14-15,22H,3-4,6,8-9H2,1-2H3,(H,23,24);1H. The van der Waals surface area contributed by atoms with E-state index in [0.29, 0.717) is 6.61 Å². The quantitative estimate of drug-likeness (QED) is 0.795. The minimum absolute atomic E-state index is 0. The number of carbonyl (C=O) groups is 1. The van der Waals surface area contributed by atoms with Crippen molar-refractivity contribution in [3.8, 4) is 11.5 Å². The summed E-state index contributed by atoms with van der Waals surface area (Å²) < 4.78 is 38.2. The van der Waals surface area contributed by atoms with E-state index < -0.39 is 24.9 Å². The summed E-state index contributed by atoms with van der Waals surface area (Å²) in [5.41, 5.74) is 2.16. The average molecular weight is 403 g/mol. The Morgan fingerprint density at radius 2 is 2.22 bits per heavy atom. The number of alkyl halides is 2. The Morgan fingerprint density at radius 3 is 2.89 bits per heavy atom. The van der Waals surface area contributed by atoms with Crippen molar-refractivity contribution >= 4 is 18.3 Å². The molecule has 150 valence electrons. The van der Waals surface area contributed by atoms with Crippen molar-refractivity contribution in [2.75, 3.05) is 13.2 Å². The second kappa shape index (κ2) is 7.43. The molecule has 0 bridgehead atoms. The fraction of sp³-hybridized carbons (Fsp3) is 0.632. The highest BCUT2D eigenvalue weighted by atomic mass is 35.5. The molecule has 0 radical (unpaired) electrons. The first-order valence-electron chi connectivity index (χ1n) is 9.24. The number of hydrogen-bond acceptors (Lipinski definition) is 4. The van der Waals surface area contributed by atoms with E-state index in [1.165, 1.54) is 0 Å². The first kappa shape index (κ1) is 20.1. The van der Waals surface area contributed by atoms with Gasteiger partial charge in [0.15, 0.2) is 0 Å². The Morgan fingerprint density at radius 1 is 1.44 bits per heavy atom. The van der Waals surface area contributed by atoms with Crippen LogP contribution in [0.1, 0.15) is 43.7 Å². The molecule has 1 aromatic rings. The zero-order valence-corrected chi connectivity index (χ0v) is 16.2. The smallest absolute Gasteiger partial charge is 0.262 e. The third-order valence-electron chi connectivity index (χ3n) is 5.27. The molecule has 5 nitrogen and oxygen atoms in total. The van der Waals surface area contributed by atoms with Crippen molar-refractivity contribution in [1.82, 2.24) is 10.6 Å². The summed E-state index contributed by atoms with van der Waals surface area (Å²) in [6, 6.07) is 3.19. The third kappa shape index (κ3) is 4.14. The maximum atomic E-state index is 13.3. The Kier molecular flexibility index (Phi) is 5.54. The molecule has 1 aromatic carbocycles. The summed E-state index contributed by atoms with van der Waals surface area (Å²) >= 11 is 0. The van der Waals surface area contributed by atoms with E-state index in [9.17, 15) is 13.6 Å². The number of amides is 1. The number of benzene rings is 1. The number of halogens is 3. The van der Waals surface area contributed by atoms with E-state index in [1.54, 1.807) is 0 Å². The largest absolute Gasteiger partial charge is 0.494 e. The van der Waals surface area contributed by atoms with Gasteiger partial charge in [0, 0.05) is 35.9 Å². The molecule has 8 heteroatoms. The molecule has 27 heavy (non-hydrogen) atoms. The number of hydrogen-bond donors (Lipinski definition) is 2. The molecule has 1 amide bonds. The number of rotatable bonds is 5. The van der Waals surface area contributed by atoms with Crippen molar-refractivity contribution < 1.29 is 23.0 Å². The molecule has 2 aliphatic heterocycles. The lowest BCUT2D eigenvalue weighted by atomic mass is 10.0. The van der Waals surface area contributed by atoms with E-state index in [-0.39, 0.29) is 36.4 Å². The summed E-state index contributed by atoms with van der Waals surface area (Å²) in [7, 11) is 0. The Bertz CT molecular complexity index is 731. The lowest BCUT2D eigenvalue weighted by Gasteiger charge is -2.14. The molecule has 2 N–H and O–H groups in total. The minimum atomic E-state index is -2.80. The van der Waals surface area contributed by atoms with Gasteiger partial charge in [-0.25, -0.2) is 8.78 Å². The van der Waals surface area contributed by atoms with Crippen LogP contribution < -0.4 is 20.1 Å². The Hall–Kier alpha value is -1.60. The van der Waals surface area contributed by atoms with Crippen LogP contribution in [-0.4, -0.2) is 43.2 Å². The van der Waals surface area contributed by atoms with Crippen molar-refractivity contribution in [2.24, 2.45) is 0 Å². The molecule has 1 aliphatic carbocycles. The van der Waals surface area contributed by atoms with Gasteiger partial charge in [0.1, 0.15) is 17.6 Å². The number of fused-ring (bicyclic) bond motifs is 1. The molecule has 0 aromatic heterocycles. The lowest BCUT2D eigenvalue weighted by molar-refractivity contribution is -0.123. The van der Waals surface area contributed by atoms with Gasteiger partial charge in [0.2, 0.25) is 5.91 Å². The predicted molar refractivity (Wildman–Crippen MR) is 99.3 cm³/mol. The van der Waals surface area contributed by atoms with Gasteiger partial charge in [0.05, 0.1) is 19.2 Å². The van der Waals surface area contributed by atoms with E-state index in [4.69, 9.17) is 9.47 Å². The van der Waals surface area contributed by atoms with Crippen LogP contribution in [0, 0.1) is 0 Å². The van der Waals surface area contributed by atoms with Crippen LogP contribution in [0.15, 0.2) is 12.1 Å². The van der Waals surface area contributed by atoms with Gasteiger partial charge in [0.25, 0.3) is 5.92 Å². The molecule has 3 aliphatic rings. The number of ether oxygens (including phenoxy) is 2. The Balaban J connectivity index is 0.00000210. The molecule has 1 saturated heterocycles. The predicted octanol–water partition coefficient (Wildman–Crippen LogP) is 2.80. The van der Waals surface area contributed by atoms with Crippen LogP contribution >= 0.6 is 12.4 Å². The molecular formula is C19H25ClF2N2O3. The van der Waals surface area contributed by atoms with E-state index in [2.05, 4.69) is 10.6 Å². The van der Waals surface area contributed by atoms with E-state index in [0.717, 1.165) is 35.5 Å². The van der Waals surface area contributed by atoms with Gasteiger partial charge >= 0.3 is 0 Å². The highest BCUT2D eigenvalue weighted by Gasteiger charge is 2.46. The van der Waals surface area contributed by atoms with Crippen LogP contribution in [0.5, 0.6) is 11.5 Å². The van der Waals surface area contributed by atoms with Gasteiger partial charge in [-0.15, -0.1) is 12.4 Å². The maximum Gasteiger partial charge on any atom is 0.262 e. The molecule has 4 atom stereocenters. The number of carbonyl (C=O) groups excluding carboxylic acids is 1. The molecule has 2 fully saturated rings. The van der Waals surface area contributed by atoms with Crippen molar-refractivity contribution in [3.63, 3.8) is 0 Å². The molecule has 0 spiro atoms. The van der Waals surface area contributed by atoms with Gasteiger partial charge in [-0.2, -0.15) is 0 Å². The Labute approximate surface area is 163 Å². The zero-order chi connectivity index (χ0) is 18.5. The third-order valence-corrected chi connectivity index (χ3v) is 5.27. The minimum Gasteiger partial charge on any atom is -0.494 e. The van der Waals surface area contributed by atoms with Gasteiger partial charge in [-0.05, 0) is 32.4 Å². The summed E-state index contributed by atoms with van der Waals surface area (Å²) in [5, 5.41) is 5.49. The first-order chi connectivity index (χ1) is 12.4. The summed E-state index contributed by atoms with van der Waals surface area (Å²) in [5.74, 6) is -1.31. The summed E-state index contributed by atoms with van der Waals surface area (Å²) in [6.07, 6.45) is 1.36. The SMILES string of the molecule is CCOc1cc2c(cc1C1CC1NC(=O)C1CC(F)(F)CN1)OC(C)C2.Cl. The molecular weight excluding hydrogens is 378 g/mol. The average Bonchev–Trinajstić information content (AvgIpc) is 3.07. The van der Waals surface area contributed by atoms with Gasteiger partial charge in [-0.3, -0.25) is 10.1 Å². The van der Waals surface area contributed by atoms with Crippen LogP contribution in [0.25, 0.3) is 0 Å². The molecule has 4 rings (SSSR count). The molecule has 1 saturated carbocycles. The highest BCUT2D eigenvalue weighted by Crippen LogP contribution is 2.48. The van der Waals surface area contributed by atoms with Crippen LogP contribution in [0.3, 0.4) is 0 Å². The van der Waals surface area contributed by atoms with E-state index in [1.807, 2.05) is 26.0 Å². The van der Waals surface area contributed by atoms with Crippen LogP contribution in [0.4, 0.5) is 8.78 Å². The normalized spacial score (nSPS) is 30.1. The van der Waals surface area contributed by atoms with Crippen molar-refractivity contribution in [3.05, 3.63) is 23.3 Å².